The zero-order valence-electron chi connectivity index (χ0n) is 16.1. The van der Waals surface area contributed by atoms with Crippen LogP contribution in [0.15, 0.2) is 42.7 Å². The highest BCUT2D eigenvalue weighted by Gasteiger charge is 2.33. The Morgan fingerprint density at radius 2 is 2.11 bits per heavy atom. The number of fused-ring (bicyclic) bond motifs is 3. The van der Waals surface area contributed by atoms with E-state index < -0.39 is 12.3 Å². The minimum atomic E-state index is -1.06. The summed E-state index contributed by atoms with van der Waals surface area (Å²) < 4.78 is 16.1. The molecule has 0 aliphatic carbocycles. The van der Waals surface area contributed by atoms with Gasteiger partial charge in [-0.25, -0.2) is 4.39 Å². The lowest BCUT2D eigenvalue weighted by Crippen LogP contribution is -2.35. The van der Waals surface area contributed by atoms with Gasteiger partial charge in [0.2, 0.25) is 0 Å². The topological polar surface area (TPSA) is 41.3 Å². The Morgan fingerprint density at radius 1 is 1.32 bits per heavy atom. The van der Waals surface area contributed by atoms with Gasteiger partial charge in [0, 0.05) is 53.1 Å². The molecule has 5 heteroatoms. The first-order valence-corrected chi connectivity index (χ1v) is 9.43. The smallest absolute Gasteiger partial charge is 0.109 e. The van der Waals surface area contributed by atoms with Gasteiger partial charge in [0.25, 0.3) is 0 Å². The fourth-order valence-electron chi connectivity index (χ4n) is 4.30. The summed E-state index contributed by atoms with van der Waals surface area (Å²) in [5.74, 6) is 0. The Kier molecular flexibility index (Phi) is 5.60. The molecule has 1 aliphatic heterocycles. The first-order chi connectivity index (χ1) is 12.9. The highest BCUT2D eigenvalue weighted by Crippen LogP contribution is 2.39. The summed E-state index contributed by atoms with van der Waals surface area (Å²) in [5, 5.41) is 12.3. The van der Waals surface area contributed by atoms with Crippen LogP contribution in [0.3, 0.4) is 0 Å². The average Bonchev–Trinajstić information content (AvgIpc) is 2.95. The summed E-state index contributed by atoms with van der Waals surface area (Å²) in [6.45, 7) is 4.70. The van der Waals surface area contributed by atoms with Crippen LogP contribution in [-0.2, 0) is 18.6 Å². The van der Waals surface area contributed by atoms with E-state index in [1.54, 1.807) is 12.4 Å². The second kappa shape index (κ2) is 7.64. The van der Waals surface area contributed by atoms with Crippen LogP contribution >= 0.6 is 0 Å². The number of benzene rings is 1. The molecular weight excluding hydrogens is 353 g/mol. The zero-order valence-corrected chi connectivity index (χ0v) is 16.1. The van der Waals surface area contributed by atoms with E-state index in [-0.39, 0.29) is 13.5 Å². The summed E-state index contributed by atoms with van der Waals surface area (Å²) in [4.78, 5) is 6.24. The summed E-state index contributed by atoms with van der Waals surface area (Å²) in [5.41, 5.74) is 4.15. The largest absolute Gasteiger partial charge is 0.384 e. The lowest BCUT2D eigenvalue weighted by molar-refractivity contribution is 0.0379. The van der Waals surface area contributed by atoms with Crippen molar-refractivity contribution in [2.24, 2.45) is 0 Å². The molecule has 1 aliphatic rings. The maximum Gasteiger partial charge on any atom is 0.109 e. The van der Waals surface area contributed by atoms with Gasteiger partial charge in [0.1, 0.15) is 12.3 Å². The van der Waals surface area contributed by atoms with E-state index in [9.17, 15) is 9.50 Å². The number of alkyl halides is 1. The molecule has 0 radical (unpaired) electrons. The van der Waals surface area contributed by atoms with Crippen LogP contribution in [0.4, 0.5) is 4.39 Å². The van der Waals surface area contributed by atoms with Crippen molar-refractivity contribution in [1.82, 2.24) is 14.5 Å². The molecule has 4 nitrogen and oxygen atoms in total. The van der Waals surface area contributed by atoms with Crippen LogP contribution < -0.4 is 0 Å². The Bertz CT molecular complexity index is 965. The van der Waals surface area contributed by atoms with Crippen molar-refractivity contribution in [2.45, 2.75) is 45.9 Å². The number of nitrogens with zero attached hydrogens (tertiary/aromatic N) is 3. The highest BCUT2D eigenvalue weighted by molar-refractivity contribution is 5.87. The quantitative estimate of drug-likeness (QED) is 0.727. The molecule has 150 valence electrons. The third kappa shape index (κ3) is 3.33. The number of aromatic nitrogens is 2. The first kappa shape index (κ1) is 20.5. The summed E-state index contributed by atoms with van der Waals surface area (Å²) in [6.07, 6.45) is 4.26. The molecule has 0 saturated carbocycles. The second-order valence-electron chi connectivity index (χ2n) is 7.88. The van der Waals surface area contributed by atoms with Crippen molar-refractivity contribution in [3.05, 3.63) is 65.1 Å². The van der Waals surface area contributed by atoms with Gasteiger partial charge in [-0.1, -0.05) is 25.1 Å². The van der Waals surface area contributed by atoms with E-state index in [4.69, 9.17) is 0 Å². The Hall–Kier alpha value is -2.24. The molecular formula is C23H30FN3O. The number of aryl methyl sites for hydroxylation is 1. The number of hydrogen-bond donors (Lipinski definition) is 1. The normalized spacial score (nSPS) is 19.1. The molecule has 2 atom stereocenters. The predicted molar refractivity (Wildman–Crippen MR) is 112 cm³/mol. The number of likely N-dealkylation sites (N-methyl/N-ethyl adjacent to an activating group) is 1. The summed E-state index contributed by atoms with van der Waals surface area (Å²) in [7, 11) is 1.98. The van der Waals surface area contributed by atoms with Crippen LogP contribution in [0.1, 0.15) is 42.8 Å². The summed E-state index contributed by atoms with van der Waals surface area (Å²) in [6, 6.07) is 9.82. The van der Waals surface area contributed by atoms with Crippen molar-refractivity contribution >= 4 is 10.9 Å². The molecule has 1 aromatic carbocycles. The maximum atomic E-state index is 13.9. The predicted octanol–water partition coefficient (Wildman–Crippen LogP) is 4.39. The van der Waals surface area contributed by atoms with E-state index >= 15 is 0 Å². The van der Waals surface area contributed by atoms with E-state index in [1.807, 2.05) is 26.1 Å². The fraction of sp³-hybridized carbons (Fsp3) is 0.435. The molecule has 0 saturated heterocycles. The number of rotatable bonds is 4. The molecule has 0 bridgehead atoms. The van der Waals surface area contributed by atoms with Crippen molar-refractivity contribution in [3.8, 4) is 0 Å². The van der Waals surface area contributed by atoms with Crippen LogP contribution in [0.5, 0.6) is 0 Å². The lowest BCUT2D eigenvalue weighted by Gasteiger charge is -2.33. The molecule has 28 heavy (non-hydrogen) atoms. The zero-order chi connectivity index (χ0) is 19.2. The van der Waals surface area contributed by atoms with Crippen LogP contribution in [0.2, 0.25) is 0 Å². The Labute approximate surface area is 166 Å². The van der Waals surface area contributed by atoms with Gasteiger partial charge in [0.05, 0.1) is 12.6 Å². The van der Waals surface area contributed by atoms with E-state index in [2.05, 4.69) is 39.6 Å². The van der Waals surface area contributed by atoms with Gasteiger partial charge in [-0.2, -0.15) is 0 Å². The molecule has 3 heterocycles. The molecule has 1 N–H and O–H groups in total. The Balaban J connectivity index is 0.00000225. The SMILES string of the molecule is C.Cc1ccc2c(c1)c1c(n2CC(C)(O)c2cccnc2)CCN(C)C1CF. The highest BCUT2D eigenvalue weighted by atomic mass is 19.1. The van der Waals surface area contributed by atoms with E-state index in [0.29, 0.717) is 6.54 Å². The van der Waals surface area contributed by atoms with Gasteiger partial charge >= 0.3 is 0 Å². The van der Waals surface area contributed by atoms with Crippen LogP contribution in [0, 0.1) is 6.92 Å². The van der Waals surface area contributed by atoms with Gasteiger partial charge in [-0.05, 0) is 39.1 Å². The van der Waals surface area contributed by atoms with Gasteiger partial charge in [-0.15, -0.1) is 0 Å². The number of hydrogen-bond acceptors (Lipinski definition) is 3. The minimum absolute atomic E-state index is 0. The van der Waals surface area contributed by atoms with Gasteiger partial charge < -0.3 is 9.67 Å². The standard InChI is InChI=1S/C22H26FN3O.CH4/c1-15-6-7-18-17(11-15)21-19(8-10-25(3)20(21)12-23)26(18)14-22(2,27)16-5-4-9-24-13-16;/h4-7,9,11,13,20,27H,8,10,12,14H2,1-3H3;1H4. The third-order valence-electron chi connectivity index (χ3n) is 5.83. The summed E-state index contributed by atoms with van der Waals surface area (Å²) >= 11 is 0. The average molecular weight is 384 g/mol. The number of halogens is 1. The van der Waals surface area contributed by atoms with Gasteiger partial charge in [0.15, 0.2) is 0 Å². The molecule has 2 aromatic heterocycles. The monoisotopic (exact) mass is 383 g/mol. The van der Waals surface area contributed by atoms with Crippen molar-refractivity contribution in [2.75, 3.05) is 20.3 Å². The second-order valence-corrected chi connectivity index (χ2v) is 7.88. The maximum absolute atomic E-state index is 13.9. The lowest BCUT2D eigenvalue weighted by atomic mass is 9.95. The fourth-order valence-corrected chi connectivity index (χ4v) is 4.30. The van der Waals surface area contributed by atoms with E-state index in [0.717, 1.165) is 46.3 Å². The number of aliphatic hydroxyl groups is 1. The minimum Gasteiger partial charge on any atom is -0.384 e. The van der Waals surface area contributed by atoms with Crippen LogP contribution in [-0.4, -0.2) is 39.8 Å². The molecule has 0 amide bonds. The molecule has 3 aromatic rings. The Morgan fingerprint density at radius 3 is 2.79 bits per heavy atom. The molecule has 2 unspecified atom stereocenters. The molecule has 0 fully saturated rings. The van der Waals surface area contributed by atoms with Crippen molar-refractivity contribution in [3.63, 3.8) is 0 Å². The number of pyridine rings is 1. The van der Waals surface area contributed by atoms with Crippen LogP contribution in [0.25, 0.3) is 10.9 Å². The molecule has 0 spiro atoms. The molecule has 4 rings (SSSR count). The van der Waals surface area contributed by atoms with Gasteiger partial charge in [-0.3, -0.25) is 9.88 Å². The first-order valence-electron chi connectivity index (χ1n) is 9.43. The van der Waals surface area contributed by atoms with Crippen molar-refractivity contribution < 1.29 is 9.50 Å². The third-order valence-corrected chi connectivity index (χ3v) is 5.83. The van der Waals surface area contributed by atoms with E-state index in [1.165, 1.54) is 0 Å². The van der Waals surface area contributed by atoms with Crippen molar-refractivity contribution in [1.29, 1.82) is 0 Å².